The zero-order valence-electron chi connectivity index (χ0n) is 12.1. The minimum absolute atomic E-state index is 0.140. The van der Waals surface area contributed by atoms with Gasteiger partial charge in [-0.15, -0.1) is 11.3 Å². The SMILES string of the molecule is Cc1nc(C)c(CCNC(=O)c2ccc(O)c([N+](=O)[O-])c2)s1. The normalized spacial score (nSPS) is 10.5. The molecule has 0 atom stereocenters. The summed E-state index contributed by atoms with van der Waals surface area (Å²) in [5, 5.41) is 23.8. The molecular weight excluding hydrogens is 306 g/mol. The predicted molar refractivity (Wildman–Crippen MR) is 82.4 cm³/mol. The Morgan fingerprint density at radius 1 is 1.45 bits per heavy atom. The van der Waals surface area contributed by atoms with Crippen LogP contribution in [0.15, 0.2) is 18.2 Å². The van der Waals surface area contributed by atoms with Gasteiger partial charge in [0.25, 0.3) is 5.91 Å². The highest BCUT2D eigenvalue weighted by molar-refractivity contribution is 7.11. The molecule has 0 aliphatic carbocycles. The minimum Gasteiger partial charge on any atom is -0.502 e. The number of rotatable bonds is 5. The average molecular weight is 321 g/mol. The first-order valence-corrected chi connectivity index (χ1v) is 7.38. The number of hydrogen-bond donors (Lipinski definition) is 2. The summed E-state index contributed by atoms with van der Waals surface area (Å²) >= 11 is 1.59. The average Bonchev–Trinajstić information content (AvgIpc) is 2.77. The van der Waals surface area contributed by atoms with Gasteiger partial charge in [-0.1, -0.05) is 0 Å². The number of phenolic OH excluding ortho intramolecular Hbond substituents is 1. The smallest absolute Gasteiger partial charge is 0.311 e. The Hall–Kier alpha value is -2.48. The maximum atomic E-state index is 12.0. The van der Waals surface area contributed by atoms with E-state index in [0.29, 0.717) is 13.0 Å². The monoisotopic (exact) mass is 321 g/mol. The number of carbonyl (C=O) groups is 1. The number of phenols is 1. The fourth-order valence-electron chi connectivity index (χ4n) is 2.01. The lowest BCUT2D eigenvalue weighted by atomic mass is 10.1. The lowest BCUT2D eigenvalue weighted by molar-refractivity contribution is -0.385. The van der Waals surface area contributed by atoms with E-state index in [1.807, 2.05) is 13.8 Å². The van der Waals surface area contributed by atoms with Crippen molar-refractivity contribution in [1.82, 2.24) is 10.3 Å². The molecule has 1 amide bonds. The molecule has 0 fully saturated rings. The zero-order valence-corrected chi connectivity index (χ0v) is 12.9. The lowest BCUT2D eigenvalue weighted by Crippen LogP contribution is -2.25. The Labute approximate surface area is 130 Å². The predicted octanol–water partition coefficient (Wildman–Crippen LogP) is 2.35. The Morgan fingerprint density at radius 2 is 2.18 bits per heavy atom. The first-order chi connectivity index (χ1) is 10.4. The Balaban J connectivity index is 1.99. The van der Waals surface area contributed by atoms with Gasteiger partial charge in [-0.3, -0.25) is 14.9 Å². The van der Waals surface area contributed by atoms with Crippen LogP contribution in [0.5, 0.6) is 5.75 Å². The number of hydrogen-bond acceptors (Lipinski definition) is 6. The van der Waals surface area contributed by atoms with Gasteiger partial charge in [0.2, 0.25) is 0 Å². The van der Waals surface area contributed by atoms with E-state index >= 15 is 0 Å². The van der Waals surface area contributed by atoms with Gasteiger partial charge >= 0.3 is 5.69 Å². The van der Waals surface area contributed by atoms with Crippen molar-refractivity contribution in [3.63, 3.8) is 0 Å². The third-order valence-electron chi connectivity index (χ3n) is 3.07. The van der Waals surface area contributed by atoms with Gasteiger partial charge in [0, 0.05) is 29.5 Å². The van der Waals surface area contributed by atoms with Crippen LogP contribution in [0.2, 0.25) is 0 Å². The topological polar surface area (TPSA) is 105 Å². The van der Waals surface area contributed by atoms with Crippen LogP contribution in [0.3, 0.4) is 0 Å². The van der Waals surface area contributed by atoms with Gasteiger partial charge in [-0.05, 0) is 26.0 Å². The van der Waals surface area contributed by atoms with E-state index in [2.05, 4.69) is 10.3 Å². The van der Waals surface area contributed by atoms with E-state index in [-0.39, 0.29) is 5.56 Å². The van der Waals surface area contributed by atoms with Gasteiger partial charge in [0.15, 0.2) is 5.75 Å². The second kappa shape index (κ2) is 6.52. The van der Waals surface area contributed by atoms with Gasteiger partial charge in [-0.25, -0.2) is 4.98 Å². The summed E-state index contributed by atoms with van der Waals surface area (Å²) in [5.41, 5.74) is 0.611. The van der Waals surface area contributed by atoms with Crippen molar-refractivity contribution >= 4 is 22.9 Å². The highest BCUT2D eigenvalue weighted by Crippen LogP contribution is 2.26. The van der Waals surface area contributed by atoms with Crippen LogP contribution in [-0.2, 0) is 6.42 Å². The molecule has 2 N–H and O–H groups in total. The van der Waals surface area contributed by atoms with Gasteiger partial charge in [0.05, 0.1) is 15.6 Å². The van der Waals surface area contributed by atoms with E-state index in [1.165, 1.54) is 6.07 Å². The molecule has 116 valence electrons. The number of nitro groups is 1. The quantitative estimate of drug-likeness (QED) is 0.649. The molecule has 0 aliphatic rings. The van der Waals surface area contributed by atoms with E-state index in [0.717, 1.165) is 27.7 Å². The van der Waals surface area contributed by atoms with Gasteiger partial charge in [0.1, 0.15) is 0 Å². The molecule has 0 spiro atoms. The Kier molecular flexibility index (Phi) is 4.71. The molecule has 1 aromatic heterocycles. The molecule has 0 unspecified atom stereocenters. The van der Waals surface area contributed by atoms with E-state index < -0.39 is 22.3 Å². The third-order valence-corrected chi connectivity index (χ3v) is 4.20. The van der Waals surface area contributed by atoms with Crippen molar-refractivity contribution in [2.75, 3.05) is 6.54 Å². The number of aromatic nitrogens is 1. The van der Waals surface area contributed by atoms with E-state index in [4.69, 9.17) is 0 Å². The fourth-order valence-corrected chi connectivity index (χ4v) is 2.94. The summed E-state index contributed by atoms with van der Waals surface area (Å²) in [6, 6.07) is 3.55. The summed E-state index contributed by atoms with van der Waals surface area (Å²) in [5.74, 6) is -0.876. The molecule has 7 nitrogen and oxygen atoms in total. The maximum Gasteiger partial charge on any atom is 0.311 e. The first-order valence-electron chi connectivity index (χ1n) is 6.57. The lowest BCUT2D eigenvalue weighted by Gasteiger charge is -2.05. The van der Waals surface area contributed by atoms with Crippen LogP contribution in [-0.4, -0.2) is 27.5 Å². The number of nitrogens with zero attached hydrogens (tertiary/aromatic N) is 2. The second-order valence-electron chi connectivity index (χ2n) is 4.71. The molecule has 0 aliphatic heterocycles. The molecule has 1 aromatic carbocycles. The summed E-state index contributed by atoms with van der Waals surface area (Å²) in [6.07, 6.45) is 0.656. The standard InChI is InChI=1S/C14H15N3O4S/c1-8-13(22-9(2)16-8)5-6-15-14(19)10-3-4-12(18)11(7-10)17(20)21/h3-4,7,18H,5-6H2,1-2H3,(H,15,19). The number of thiazole rings is 1. The van der Waals surface area contributed by atoms with E-state index in [1.54, 1.807) is 11.3 Å². The number of amides is 1. The second-order valence-corrected chi connectivity index (χ2v) is 6.00. The van der Waals surface area contributed by atoms with E-state index in [9.17, 15) is 20.0 Å². The summed E-state index contributed by atoms with van der Waals surface area (Å²) < 4.78 is 0. The van der Waals surface area contributed by atoms with Crippen LogP contribution in [0.4, 0.5) is 5.69 Å². The maximum absolute atomic E-state index is 12.0. The van der Waals surface area contributed by atoms with Crippen molar-refractivity contribution in [3.05, 3.63) is 49.5 Å². The molecule has 0 saturated heterocycles. The molecule has 0 radical (unpaired) electrons. The van der Waals surface area contributed by atoms with Crippen LogP contribution in [0.25, 0.3) is 0 Å². The number of benzene rings is 1. The summed E-state index contributed by atoms with van der Waals surface area (Å²) in [6.45, 7) is 4.26. The molecule has 2 rings (SSSR count). The molecule has 1 heterocycles. The third kappa shape index (κ3) is 3.59. The molecular formula is C14H15N3O4S. The number of nitrogens with one attached hydrogen (secondary N) is 1. The van der Waals surface area contributed by atoms with Crippen molar-refractivity contribution in [3.8, 4) is 5.75 Å². The number of aryl methyl sites for hydroxylation is 2. The van der Waals surface area contributed by atoms with Crippen molar-refractivity contribution < 1.29 is 14.8 Å². The Morgan fingerprint density at radius 3 is 2.77 bits per heavy atom. The highest BCUT2D eigenvalue weighted by atomic mass is 32.1. The minimum atomic E-state index is -0.727. The molecule has 0 saturated carbocycles. The van der Waals surface area contributed by atoms with Crippen LogP contribution >= 0.6 is 11.3 Å². The van der Waals surface area contributed by atoms with Crippen molar-refractivity contribution in [2.24, 2.45) is 0 Å². The van der Waals surface area contributed by atoms with Crippen molar-refractivity contribution in [1.29, 1.82) is 0 Å². The summed E-state index contributed by atoms with van der Waals surface area (Å²) in [4.78, 5) is 27.4. The molecule has 22 heavy (non-hydrogen) atoms. The summed E-state index contributed by atoms with van der Waals surface area (Å²) in [7, 11) is 0. The van der Waals surface area contributed by atoms with Gasteiger partial charge in [-0.2, -0.15) is 0 Å². The van der Waals surface area contributed by atoms with Gasteiger partial charge < -0.3 is 10.4 Å². The highest BCUT2D eigenvalue weighted by Gasteiger charge is 2.16. The first kappa shape index (κ1) is 15.9. The molecule has 0 bridgehead atoms. The van der Waals surface area contributed by atoms with Crippen LogP contribution in [0.1, 0.15) is 25.9 Å². The number of nitro benzene ring substituents is 1. The fraction of sp³-hybridized carbons (Fsp3) is 0.286. The van der Waals surface area contributed by atoms with Crippen LogP contribution in [0, 0.1) is 24.0 Å². The molecule has 2 aromatic rings. The number of carbonyl (C=O) groups excluding carboxylic acids is 1. The van der Waals surface area contributed by atoms with Crippen molar-refractivity contribution in [2.45, 2.75) is 20.3 Å². The Bertz CT molecular complexity index is 727. The number of aromatic hydroxyl groups is 1. The zero-order chi connectivity index (χ0) is 16.3. The van der Waals surface area contributed by atoms with Crippen LogP contribution < -0.4 is 5.32 Å². The largest absolute Gasteiger partial charge is 0.502 e. The molecule has 8 heteroatoms.